The minimum Gasteiger partial charge on any atom is -0.385 e. The Morgan fingerprint density at radius 3 is 2.84 bits per heavy atom. The van der Waals surface area contributed by atoms with Gasteiger partial charge in [-0.25, -0.2) is 0 Å². The summed E-state index contributed by atoms with van der Waals surface area (Å²) in [4.78, 5) is 10.4. The quantitative estimate of drug-likeness (QED) is 0.490. The molecule has 0 amide bonds. The molecule has 0 aliphatic heterocycles. The van der Waals surface area contributed by atoms with E-state index < -0.39 is 0 Å². The zero-order chi connectivity index (χ0) is 13.7. The van der Waals surface area contributed by atoms with Gasteiger partial charge in [0.2, 0.25) is 0 Å². The first-order valence-corrected chi connectivity index (χ1v) is 6.83. The number of anilines is 1. The van der Waals surface area contributed by atoms with Gasteiger partial charge in [-0.05, 0) is 50.7 Å². The number of hydrogen-bond donors (Lipinski definition) is 1. The lowest BCUT2D eigenvalue weighted by molar-refractivity contribution is -0.384. The van der Waals surface area contributed by atoms with Gasteiger partial charge < -0.3 is 5.32 Å². The minimum atomic E-state index is -0.345. The van der Waals surface area contributed by atoms with Crippen LogP contribution in [0.5, 0.6) is 0 Å². The van der Waals surface area contributed by atoms with Crippen molar-refractivity contribution in [1.29, 1.82) is 0 Å². The molecule has 0 saturated carbocycles. The van der Waals surface area contributed by atoms with Crippen LogP contribution in [0.1, 0.15) is 37.7 Å². The Kier molecular flexibility index (Phi) is 4.55. The van der Waals surface area contributed by atoms with Crippen LogP contribution in [0.3, 0.4) is 0 Å². The highest BCUT2D eigenvalue weighted by Gasteiger charge is 2.08. The summed E-state index contributed by atoms with van der Waals surface area (Å²) in [5, 5.41) is 14.1. The zero-order valence-corrected chi connectivity index (χ0v) is 11.3. The number of nitro groups is 1. The number of non-ortho nitro benzene ring substituents is 1. The van der Waals surface area contributed by atoms with Crippen molar-refractivity contribution in [2.45, 2.75) is 39.0 Å². The molecule has 0 radical (unpaired) electrons. The Morgan fingerprint density at radius 2 is 2.16 bits per heavy atom. The van der Waals surface area contributed by atoms with Crippen molar-refractivity contribution in [1.82, 2.24) is 0 Å². The van der Waals surface area contributed by atoms with Crippen molar-refractivity contribution in [2.75, 3.05) is 11.9 Å². The van der Waals surface area contributed by atoms with Crippen molar-refractivity contribution in [3.05, 3.63) is 45.5 Å². The topological polar surface area (TPSA) is 55.2 Å². The average Bonchev–Trinajstić information content (AvgIpc) is 2.39. The number of benzene rings is 1. The molecule has 4 heteroatoms. The Hall–Kier alpha value is -1.84. The highest BCUT2D eigenvalue weighted by Crippen LogP contribution is 2.22. The molecule has 102 valence electrons. The number of nitrogens with zero attached hydrogens (tertiary/aromatic N) is 1. The molecule has 0 bridgehead atoms. The van der Waals surface area contributed by atoms with Gasteiger partial charge in [0.25, 0.3) is 5.69 Å². The van der Waals surface area contributed by atoms with Crippen LogP contribution in [0.2, 0.25) is 0 Å². The van der Waals surface area contributed by atoms with Crippen LogP contribution in [0, 0.1) is 17.0 Å². The fourth-order valence-corrected chi connectivity index (χ4v) is 2.47. The molecule has 4 nitrogen and oxygen atoms in total. The summed E-state index contributed by atoms with van der Waals surface area (Å²) >= 11 is 0. The SMILES string of the molecule is Cc1cc(NCCC2=CCCCC2)cc([N+](=O)[O-])c1. The zero-order valence-electron chi connectivity index (χ0n) is 11.3. The minimum absolute atomic E-state index is 0.152. The molecule has 0 unspecified atom stereocenters. The number of aryl methyl sites for hydroxylation is 1. The molecule has 0 saturated heterocycles. The Labute approximate surface area is 113 Å². The van der Waals surface area contributed by atoms with Crippen LogP contribution < -0.4 is 5.32 Å². The number of nitro benzene ring substituents is 1. The van der Waals surface area contributed by atoms with Crippen molar-refractivity contribution >= 4 is 11.4 Å². The maximum absolute atomic E-state index is 10.8. The van der Waals surface area contributed by atoms with Crippen LogP contribution in [-0.4, -0.2) is 11.5 Å². The lowest BCUT2D eigenvalue weighted by Gasteiger charge is -2.13. The molecule has 1 aromatic carbocycles. The summed E-state index contributed by atoms with van der Waals surface area (Å²) in [6.45, 7) is 2.72. The third-order valence-corrected chi connectivity index (χ3v) is 3.43. The number of allylic oxidation sites excluding steroid dienone is 1. The average molecular weight is 260 g/mol. The monoisotopic (exact) mass is 260 g/mol. The first-order chi connectivity index (χ1) is 9.15. The lowest BCUT2D eigenvalue weighted by atomic mass is 9.97. The van der Waals surface area contributed by atoms with E-state index in [9.17, 15) is 10.1 Å². The second-order valence-corrected chi connectivity index (χ2v) is 5.10. The van der Waals surface area contributed by atoms with E-state index >= 15 is 0 Å². The van der Waals surface area contributed by atoms with E-state index in [0.29, 0.717) is 0 Å². The predicted molar refractivity (Wildman–Crippen MR) is 77.5 cm³/mol. The summed E-state index contributed by atoms with van der Waals surface area (Å²) < 4.78 is 0. The van der Waals surface area contributed by atoms with E-state index in [1.165, 1.54) is 31.3 Å². The van der Waals surface area contributed by atoms with Gasteiger partial charge in [0.1, 0.15) is 0 Å². The predicted octanol–water partition coefficient (Wildman–Crippen LogP) is 4.21. The van der Waals surface area contributed by atoms with Crippen molar-refractivity contribution in [3.8, 4) is 0 Å². The van der Waals surface area contributed by atoms with Gasteiger partial charge in [0.15, 0.2) is 0 Å². The summed E-state index contributed by atoms with van der Waals surface area (Å²) in [6, 6.07) is 5.14. The highest BCUT2D eigenvalue weighted by atomic mass is 16.6. The van der Waals surface area contributed by atoms with Crippen molar-refractivity contribution < 1.29 is 4.92 Å². The number of rotatable bonds is 5. The van der Waals surface area contributed by atoms with Gasteiger partial charge in [-0.15, -0.1) is 0 Å². The van der Waals surface area contributed by atoms with Gasteiger partial charge in [-0.2, -0.15) is 0 Å². The highest BCUT2D eigenvalue weighted by molar-refractivity contribution is 5.53. The van der Waals surface area contributed by atoms with Gasteiger partial charge in [0.05, 0.1) is 4.92 Å². The van der Waals surface area contributed by atoms with E-state index in [2.05, 4.69) is 11.4 Å². The Balaban J connectivity index is 1.92. The molecule has 1 N–H and O–H groups in total. The van der Waals surface area contributed by atoms with Crippen LogP contribution in [-0.2, 0) is 0 Å². The van der Waals surface area contributed by atoms with Crippen molar-refractivity contribution in [2.24, 2.45) is 0 Å². The Morgan fingerprint density at radius 1 is 1.32 bits per heavy atom. The first kappa shape index (κ1) is 13.6. The largest absolute Gasteiger partial charge is 0.385 e. The molecular weight excluding hydrogens is 240 g/mol. The smallest absolute Gasteiger partial charge is 0.271 e. The molecule has 1 aromatic rings. The van der Waals surface area contributed by atoms with E-state index in [4.69, 9.17) is 0 Å². The molecule has 0 spiro atoms. The molecule has 1 aliphatic rings. The molecule has 1 aliphatic carbocycles. The molecular formula is C15H20N2O2. The van der Waals surface area contributed by atoms with Crippen LogP contribution in [0.15, 0.2) is 29.8 Å². The van der Waals surface area contributed by atoms with E-state index in [-0.39, 0.29) is 10.6 Å². The fourth-order valence-electron chi connectivity index (χ4n) is 2.47. The van der Waals surface area contributed by atoms with Gasteiger partial charge in [-0.1, -0.05) is 11.6 Å². The number of hydrogen-bond acceptors (Lipinski definition) is 3. The fraction of sp³-hybridized carbons (Fsp3) is 0.467. The third-order valence-electron chi connectivity index (χ3n) is 3.43. The Bertz CT molecular complexity index is 495. The van der Waals surface area contributed by atoms with Crippen LogP contribution >= 0.6 is 0 Å². The third kappa shape index (κ3) is 4.09. The second kappa shape index (κ2) is 6.36. The summed E-state index contributed by atoms with van der Waals surface area (Å²) in [5.41, 5.74) is 3.41. The first-order valence-electron chi connectivity index (χ1n) is 6.83. The van der Waals surface area contributed by atoms with Gasteiger partial charge in [0, 0.05) is 24.4 Å². The maximum atomic E-state index is 10.8. The van der Waals surface area contributed by atoms with Crippen LogP contribution in [0.25, 0.3) is 0 Å². The molecule has 0 atom stereocenters. The van der Waals surface area contributed by atoms with E-state index in [0.717, 1.165) is 24.2 Å². The summed E-state index contributed by atoms with van der Waals surface area (Å²) in [7, 11) is 0. The van der Waals surface area contributed by atoms with Crippen LogP contribution in [0.4, 0.5) is 11.4 Å². The van der Waals surface area contributed by atoms with E-state index in [1.54, 1.807) is 12.1 Å². The number of nitrogens with one attached hydrogen (secondary N) is 1. The van der Waals surface area contributed by atoms with Gasteiger partial charge >= 0.3 is 0 Å². The lowest BCUT2D eigenvalue weighted by Crippen LogP contribution is -2.05. The molecule has 0 heterocycles. The normalized spacial score (nSPS) is 14.9. The summed E-state index contributed by atoms with van der Waals surface area (Å²) in [5.74, 6) is 0. The standard InChI is InChI=1S/C15H20N2O2/c1-12-9-14(11-15(10-12)17(18)19)16-8-7-13-5-3-2-4-6-13/h5,9-11,16H,2-4,6-8H2,1H3. The molecule has 0 aromatic heterocycles. The molecule has 0 fully saturated rings. The molecule has 19 heavy (non-hydrogen) atoms. The molecule has 2 rings (SSSR count). The second-order valence-electron chi connectivity index (χ2n) is 5.10. The maximum Gasteiger partial charge on any atom is 0.271 e. The van der Waals surface area contributed by atoms with E-state index in [1.807, 2.05) is 13.0 Å². The van der Waals surface area contributed by atoms with Gasteiger partial charge in [-0.3, -0.25) is 10.1 Å². The van der Waals surface area contributed by atoms with Crippen molar-refractivity contribution in [3.63, 3.8) is 0 Å². The summed E-state index contributed by atoms with van der Waals surface area (Å²) in [6.07, 6.45) is 8.37.